The molecule has 7 heteroatoms. The number of piperidine rings is 1. The molecule has 1 aliphatic carbocycles. The normalized spacial score (nSPS) is 19.6. The van der Waals surface area contributed by atoms with Crippen molar-refractivity contribution in [3.63, 3.8) is 0 Å². The third kappa shape index (κ3) is 6.99. The topological polar surface area (TPSA) is 75.7 Å². The molecule has 1 saturated heterocycles. The van der Waals surface area contributed by atoms with Gasteiger partial charge in [0, 0.05) is 24.5 Å². The molecular weight excluding hydrogens is 412 g/mol. The number of carbonyl (C=O) groups is 3. The zero-order valence-electron chi connectivity index (χ0n) is 18.4. The molecule has 1 aromatic rings. The number of hydrogen-bond acceptors (Lipinski definition) is 5. The van der Waals surface area contributed by atoms with Gasteiger partial charge in [-0.15, -0.1) is 11.8 Å². The van der Waals surface area contributed by atoms with E-state index in [1.165, 1.54) is 43.9 Å². The van der Waals surface area contributed by atoms with Gasteiger partial charge in [-0.05, 0) is 50.7 Å². The van der Waals surface area contributed by atoms with Crippen molar-refractivity contribution in [3.05, 3.63) is 29.8 Å². The first-order valence-electron chi connectivity index (χ1n) is 11.5. The lowest BCUT2D eigenvalue weighted by molar-refractivity contribution is -0.149. The van der Waals surface area contributed by atoms with Crippen LogP contribution in [0.1, 0.15) is 62.2 Å². The van der Waals surface area contributed by atoms with E-state index >= 15 is 0 Å². The second kappa shape index (κ2) is 12.1. The highest BCUT2D eigenvalue weighted by Crippen LogP contribution is 2.27. The molecule has 170 valence electrons. The smallest absolute Gasteiger partial charge is 0.310 e. The molecule has 6 nitrogen and oxygen atoms in total. The van der Waals surface area contributed by atoms with Crippen molar-refractivity contribution in [2.75, 3.05) is 32.0 Å². The van der Waals surface area contributed by atoms with Gasteiger partial charge in [0.1, 0.15) is 0 Å². The molecule has 2 aliphatic rings. The fraction of sp³-hybridized carbons (Fsp3) is 0.625. The molecule has 0 bridgehead atoms. The van der Waals surface area contributed by atoms with Crippen LogP contribution in [0.15, 0.2) is 29.2 Å². The molecule has 3 rings (SSSR count). The summed E-state index contributed by atoms with van der Waals surface area (Å²) < 4.78 is 5.15. The minimum absolute atomic E-state index is 0.0122. The fourth-order valence-electron chi connectivity index (χ4n) is 4.40. The van der Waals surface area contributed by atoms with Crippen LogP contribution in [-0.2, 0) is 14.3 Å². The molecule has 0 spiro atoms. The Hall–Kier alpha value is -2.02. The first kappa shape index (κ1) is 23.6. The van der Waals surface area contributed by atoms with Gasteiger partial charge in [0.15, 0.2) is 0 Å². The molecule has 0 aromatic heterocycles. The lowest BCUT2D eigenvalue weighted by Gasteiger charge is -2.32. The van der Waals surface area contributed by atoms with Crippen LogP contribution in [0.25, 0.3) is 0 Å². The Balaban J connectivity index is 1.54. The Bertz CT molecular complexity index is 764. The van der Waals surface area contributed by atoms with E-state index in [1.807, 2.05) is 18.2 Å². The van der Waals surface area contributed by atoms with E-state index in [0.717, 1.165) is 24.3 Å². The first-order chi connectivity index (χ1) is 15.1. The number of nitrogens with one attached hydrogen (secondary N) is 1. The number of amides is 2. The van der Waals surface area contributed by atoms with Crippen molar-refractivity contribution < 1.29 is 19.1 Å². The largest absolute Gasteiger partial charge is 0.466 e. The van der Waals surface area contributed by atoms with Gasteiger partial charge in [-0.25, -0.2) is 0 Å². The summed E-state index contributed by atoms with van der Waals surface area (Å²) in [5.41, 5.74) is 0.595. The highest BCUT2D eigenvalue weighted by atomic mass is 32.2. The predicted octanol–water partition coefficient (Wildman–Crippen LogP) is 3.89. The summed E-state index contributed by atoms with van der Waals surface area (Å²) >= 11 is 1.40. The highest BCUT2D eigenvalue weighted by molar-refractivity contribution is 8.00. The lowest BCUT2D eigenvalue weighted by Crippen LogP contribution is -2.43. The van der Waals surface area contributed by atoms with Gasteiger partial charge < -0.3 is 15.0 Å². The van der Waals surface area contributed by atoms with Crippen LogP contribution in [-0.4, -0.2) is 54.7 Å². The van der Waals surface area contributed by atoms with Crippen LogP contribution in [0, 0.1) is 11.8 Å². The monoisotopic (exact) mass is 446 g/mol. The molecule has 2 amide bonds. The van der Waals surface area contributed by atoms with Crippen LogP contribution in [0.5, 0.6) is 0 Å². The first-order valence-corrected chi connectivity index (χ1v) is 12.5. The number of hydrogen-bond donors (Lipinski definition) is 1. The van der Waals surface area contributed by atoms with E-state index in [2.05, 4.69) is 5.32 Å². The van der Waals surface area contributed by atoms with Crippen molar-refractivity contribution in [2.45, 2.75) is 56.8 Å². The summed E-state index contributed by atoms with van der Waals surface area (Å²) in [7, 11) is 0. The fourth-order valence-corrected chi connectivity index (χ4v) is 5.27. The molecule has 1 heterocycles. The minimum Gasteiger partial charge on any atom is -0.466 e. The Morgan fingerprint density at radius 3 is 2.65 bits per heavy atom. The zero-order chi connectivity index (χ0) is 22.1. The zero-order valence-corrected chi connectivity index (χ0v) is 19.3. The van der Waals surface area contributed by atoms with Crippen LogP contribution < -0.4 is 5.32 Å². The van der Waals surface area contributed by atoms with E-state index < -0.39 is 0 Å². The molecule has 1 N–H and O–H groups in total. The van der Waals surface area contributed by atoms with Crippen LogP contribution in [0.2, 0.25) is 0 Å². The molecule has 0 radical (unpaired) electrons. The van der Waals surface area contributed by atoms with E-state index in [0.29, 0.717) is 36.9 Å². The van der Waals surface area contributed by atoms with Crippen LogP contribution in [0.4, 0.5) is 0 Å². The van der Waals surface area contributed by atoms with Gasteiger partial charge in [-0.2, -0.15) is 0 Å². The Labute approximate surface area is 189 Å². The third-order valence-corrected chi connectivity index (χ3v) is 7.19. The van der Waals surface area contributed by atoms with Crippen LogP contribution >= 0.6 is 11.8 Å². The number of rotatable bonds is 8. The predicted molar refractivity (Wildman–Crippen MR) is 122 cm³/mol. The molecule has 1 unspecified atom stereocenters. The molecule has 1 aliphatic heterocycles. The SMILES string of the molecule is CCOC(=O)C1CCCN(C(=O)c2ccccc2SCC(=O)NCC2CCCCC2)C1. The lowest BCUT2D eigenvalue weighted by atomic mass is 9.89. The standard InChI is InChI=1S/C24H34N2O4S/c1-2-30-24(29)19-11-8-14-26(16-19)23(28)20-12-6-7-13-21(20)31-17-22(27)25-15-18-9-4-3-5-10-18/h6-7,12-13,18-19H,2-5,8-11,14-17H2,1H3,(H,25,27). The summed E-state index contributed by atoms with van der Waals surface area (Å²) in [6, 6.07) is 7.42. The second-order valence-electron chi connectivity index (χ2n) is 8.44. The minimum atomic E-state index is -0.261. The Kier molecular flexibility index (Phi) is 9.25. The Morgan fingerprint density at radius 2 is 1.87 bits per heavy atom. The van der Waals surface area contributed by atoms with Crippen molar-refractivity contribution in [1.82, 2.24) is 10.2 Å². The molecule has 1 saturated carbocycles. The number of likely N-dealkylation sites (tertiary alicyclic amines) is 1. The van der Waals surface area contributed by atoms with Gasteiger partial charge in [-0.1, -0.05) is 31.4 Å². The summed E-state index contributed by atoms with van der Waals surface area (Å²) in [5.74, 6) is 0.337. The van der Waals surface area contributed by atoms with Crippen molar-refractivity contribution >= 4 is 29.5 Å². The summed E-state index contributed by atoms with van der Waals surface area (Å²) in [6.07, 6.45) is 7.77. The van der Waals surface area contributed by atoms with E-state index in [9.17, 15) is 14.4 Å². The summed E-state index contributed by atoms with van der Waals surface area (Å²) in [6.45, 7) is 3.92. The van der Waals surface area contributed by atoms with Gasteiger partial charge >= 0.3 is 5.97 Å². The highest BCUT2D eigenvalue weighted by Gasteiger charge is 2.30. The quantitative estimate of drug-likeness (QED) is 0.484. The van der Waals surface area contributed by atoms with Gasteiger partial charge in [0.05, 0.1) is 23.8 Å². The molecular formula is C24H34N2O4S. The second-order valence-corrected chi connectivity index (χ2v) is 9.45. The summed E-state index contributed by atoms with van der Waals surface area (Å²) in [4.78, 5) is 40.2. The molecule has 2 fully saturated rings. The maximum atomic E-state index is 13.2. The maximum Gasteiger partial charge on any atom is 0.310 e. The van der Waals surface area contributed by atoms with E-state index in [1.54, 1.807) is 17.9 Å². The van der Waals surface area contributed by atoms with Gasteiger partial charge in [-0.3, -0.25) is 14.4 Å². The van der Waals surface area contributed by atoms with Gasteiger partial charge in [0.25, 0.3) is 5.91 Å². The number of nitrogens with zero attached hydrogens (tertiary/aromatic N) is 1. The van der Waals surface area contributed by atoms with E-state index in [-0.39, 0.29) is 23.7 Å². The number of esters is 1. The van der Waals surface area contributed by atoms with Crippen molar-refractivity contribution in [2.24, 2.45) is 11.8 Å². The molecule has 1 atom stereocenters. The van der Waals surface area contributed by atoms with Crippen molar-refractivity contribution in [3.8, 4) is 0 Å². The Morgan fingerprint density at radius 1 is 1.10 bits per heavy atom. The maximum absolute atomic E-state index is 13.2. The number of thioether (sulfide) groups is 1. The number of benzene rings is 1. The van der Waals surface area contributed by atoms with Crippen molar-refractivity contribution in [1.29, 1.82) is 0 Å². The van der Waals surface area contributed by atoms with Gasteiger partial charge in [0.2, 0.25) is 5.91 Å². The molecule has 31 heavy (non-hydrogen) atoms. The number of carbonyl (C=O) groups excluding carboxylic acids is 3. The average molecular weight is 447 g/mol. The number of ether oxygens (including phenoxy) is 1. The molecule has 1 aromatic carbocycles. The third-order valence-electron chi connectivity index (χ3n) is 6.12. The van der Waals surface area contributed by atoms with Crippen LogP contribution in [0.3, 0.4) is 0 Å². The van der Waals surface area contributed by atoms with E-state index in [4.69, 9.17) is 4.74 Å². The summed E-state index contributed by atoms with van der Waals surface area (Å²) in [5, 5.41) is 3.06. The average Bonchev–Trinajstić information content (AvgIpc) is 2.82.